The number of guanidine groups is 1. The number of nitrogens with zero attached hydrogens (tertiary/aromatic N) is 3. The van der Waals surface area contributed by atoms with Gasteiger partial charge in [-0.05, 0) is 51.0 Å². The van der Waals surface area contributed by atoms with Crippen molar-refractivity contribution < 1.29 is 23.0 Å². The Morgan fingerprint density at radius 1 is 1.23 bits per heavy atom. The molecular weight excluding hydrogens is 526 g/mol. The molecular formula is C20H29F3IN5O2. The van der Waals surface area contributed by atoms with Gasteiger partial charge in [0.2, 0.25) is 0 Å². The third-order valence-electron chi connectivity index (χ3n) is 4.21. The molecule has 0 aliphatic carbocycles. The predicted octanol–water partition coefficient (Wildman–Crippen LogP) is 3.70. The zero-order chi connectivity index (χ0) is 22.1. The Hall–Kier alpha value is -2.02. The van der Waals surface area contributed by atoms with Crippen molar-refractivity contribution in [3.8, 4) is 5.75 Å². The molecule has 0 amide bonds. The van der Waals surface area contributed by atoms with Crippen molar-refractivity contribution in [2.45, 2.75) is 46.2 Å². The van der Waals surface area contributed by atoms with Crippen molar-refractivity contribution in [1.82, 2.24) is 20.4 Å². The molecule has 0 aliphatic rings. The molecule has 0 saturated heterocycles. The summed E-state index contributed by atoms with van der Waals surface area (Å²) < 4.78 is 42.4. The number of ether oxygens (including phenoxy) is 1. The van der Waals surface area contributed by atoms with Gasteiger partial charge in [0.1, 0.15) is 5.75 Å². The van der Waals surface area contributed by atoms with Crippen LogP contribution in [0.5, 0.6) is 5.75 Å². The Labute approximate surface area is 197 Å². The number of hydrogen-bond donors (Lipinski definition) is 3. The number of benzene rings is 1. The highest BCUT2D eigenvalue weighted by Gasteiger charge is 2.31. The molecule has 3 N–H and O–H groups in total. The van der Waals surface area contributed by atoms with Gasteiger partial charge in [0.05, 0.1) is 18.3 Å². The van der Waals surface area contributed by atoms with E-state index in [1.807, 2.05) is 31.5 Å². The fraction of sp³-hybridized carbons (Fsp3) is 0.500. The first-order valence-corrected chi connectivity index (χ1v) is 9.75. The number of aliphatic hydroxyl groups is 1. The maximum absolute atomic E-state index is 12.2. The van der Waals surface area contributed by atoms with E-state index in [1.54, 1.807) is 0 Å². The van der Waals surface area contributed by atoms with Crippen molar-refractivity contribution >= 4 is 29.9 Å². The molecule has 1 aromatic heterocycles. The summed E-state index contributed by atoms with van der Waals surface area (Å²) in [4.78, 5) is 4.35. The van der Waals surface area contributed by atoms with E-state index >= 15 is 0 Å². The van der Waals surface area contributed by atoms with E-state index in [-0.39, 0.29) is 36.3 Å². The minimum absolute atomic E-state index is 0. The second kappa shape index (κ2) is 12.7. The van der Waals surface area contributed by atoms with Crippen LogP contribution in [0.3, 0.4) is 0 Å². The lowest BCUT2D eigenvalue weighted by Crippen LogP contribution is -2.38. The van der Waals surface area contributed by atoms with Gasteiger partial charge in [-0.2, -0.15) is 5.10 Å². The van der Waals surface area contributed by atoms with Gasteiger partial charge in [-0.15, -0.1) is 37.1 Å². The van der Waals surface area contributed by atoms with Crippen molar-refractivity contribution in [3.63, 3.8) is 0 Å². The third kappa shape index (κ3) is 9.76. The Balaban J connectivity index is 0.00000480. The van der Waals surface area contributed by atoms with Gasteiger partial charge in [-0.1, -0.05) is 12.1 Å². The van der Waals surface area contributed by atoms with E-state index in [0.717, 1.165) is 36.5 Å². The lowest BCUT2D eigenvalue weighted by Gasteiger charge is -2.14. The van der Waals surface area contributed by atoms with Crippen LogP contribution in [0.4, 0.5) is 13.2 Å². The van der Waals surface area contributed by atoms with E-state index in [0.29, 0.717) is 24.6 Å². The zero-order valence-corrected chi connectivity index (χ0v) is 20.1. The average Bonchev–Trinajstić information content (AvgIpc) is 2.99. The number of aryl methyl sites for hydroxylation is 3. The van der Waals surface area contributed by atoms with Crippen LogP contribution in [-0.2, 0) is 6.54 Å². The number of hydrogen-bond acceptors (Lipinski definition) is 4. The van der Waals surface area contributed by atoms with E-state index in [1.165, 1.54) is 12.1 Å². The van der Waals surface area contributed by atoms with Crippen LogP contribution in [0.25, 0.3) is 0 Å². The first-order valence-electron chi connectivity index (χ1n) is 9.75. The lowest BCUT2D eigenvalue weighted by atomic mass is 10.1. The molecule has 0 bridgehead atoms. The zero-order valence-electron chi connectivity index (χ0n) is 17.7. The van der Waals surface area contributed by atoms with E-state index in [4.69, 9.17) is 0 Å². The van der Waals surface area contributed by atoms with Gasteiger partial charge in [0, 0.05) is 25.3 Å². The largest absolute Gasteiger partial charge is 0.573 e. The predicted molar refractivity (Wildman–Crippen MR) is 124 cm³/mol. The summed E-state index contributed by atoms with van der Waals surface area (Å²) in [6, 6.07) is 7.13. The third-order valence-corrected chi connectivity index (χ3v) is 4.21. The standard InChI is InChI=1S/C20H28F3N5O2.HI/c1-4-24-19(25-10-5-11-28-15(3)12-14(2)27-28)26-13-18(29)16-6-8-17(9-7-16)30-20(21,22)23;/h6-9,12,18,29H,4-5,10-11,13H2,1-3H3,(H2,24,25,26);1H. The maximum atomic E-state index is 12.2. The normalized spacial score (nSPS) is 12.8. The number of aromatic nitrogens is 2. The quantitative estimate of drug-likeness (QED) is 0.190. The van der Waals surface area contributed by atoms with Crippen molar-refractivity contribution in [3.05, 3.63) is 47.3 Å². The molecule has 0 radical (unpaired) electrons. The fourth-order valence-corrected chi connectivity index (χ4v) is 2.85. The Kier molecular flexibility index (Phi) is 11.1. The van der Waals surface area contributed by atoms with Crippen LogP contribution in [0, 0.1) is 13.8 Å². The van der Waals surface area contributed by atoms with Crippen LogP contribution in [-0.4, -0.2) is 46.8 Å². The topological polar surface area (TPSA) is 83.7 Å². The molecule has 2 aromatic rings. The summed E-state index contributed by atoms with van der Waals surface area (Å²) >= 11 is 0. The minimum Gasteiger partial charge on any atom is -0.406 e. The van der Waals surface area contributed by atoms with Crippen LogP contribution in [0.2, 0.25) is 0 Å². The van der Waals surface area contributed by atoms with Gasteiger partial charge >= 0.3 is 6.36 Å². The second-order valence-electron chi connectivity index (χ2n) is 6.78. The van der Waals surface area contributed by atoms with Crippen molar-refractivity contribution in [2.75, 3.05) is 19.6 Å². The molecule has 174 valence electrons. The van der Waals surface area contributed by atoms with Gasteiger partial charge < -0.3 is 20.5 Å². The SMILES string of the molecule is CCNC(=NCC(O)c1ccc(OC(F)(F)F)cc1)NCCCn1nc(C)cc1C.I. The summed E-state index contributed by atoms with van der Waals surface area (Å²) in [5.41, 5.74) is 2.55. The molecule has 0 aliphatic heterocycles. The molecule has 11 heteroatoms. The Morgan fingerprint density at radius 2 is 1.90 bits per heavy atom. The molecule has 2 rings (SSSR count). The number of nitrogens with one attached hydrogen (secondary N) is 2. The molecule has 7 nitrogen and oxygen atoms in total. The second-order valence-corrected chi connectivity index (χ2v) is 6.78. The van der Waals surface area contributed by atoms with Gasteiger partial charge in [-0.25, -0.2) is 0 Å². The number of alkyl halides is 3. The van der Waals surface area contributed by atoms with Crippen LogP contribution in [0.1, 0.15) is 36.4 Å². The molecule has 0 saturated carbocycles. The van der Waals surface area contributed by atoms with Crippen LogP contribution in [0.15, 0.2) is 35.3 Å². The lowest BCUT2D eigenvalue weighted by molar-refractivity contribution is -0.274. The first kappa shape index (κ1) is 27.0. The summed E-state index contributed by atoms with van der Waals surface area (Å²) in [6.07, 6.45) is -4.85. The number of halogens is 4. The van der Waals surface area contributed by atoms with Gasteiger partial charge in [0.15, 0.2) is 5.96 Å². The first-order chi connectivity index (χ1) is 14.2. The molecule has 0 spiro atoms. The number of rotatable bonds is 9. The van der Waals surface area contributed by atoms with Crippen LogP contribution < -0.4 is 15.4 Å². The van der Waals surface area contributed by atoms with E-state index in [2.05, 4.69) is 25.5 Å². The van der Waals surface area contributed by atoms with E-state index in [9.17, 15) is 18.3 Å². The van der Waals surface area contributed by atoms with Crippen molar-refractivity contribution in [1.29, 1.82) is 0 Å². The summed E-state index contributed by atoms with van der Waals surface area (Å²) in [5.74, 6) is 0.224. The van der Waals surface area contributed by atoms with Gasteiger partial charge in [-0.3, -0.25) is 9.67 Å². The van der Waals surface area contributed by atoms with Crippen LogP contribution >= 0.6 is 24.0 Å². The highest BCUT2D eigenvalue weighted by atomic mass is 127. The Bertz CT molecular complexity index is 825. The monoisotopic (exact) mass is 555 g/mol. The minimum atomic E-state index is -4.74. The fourth-order valence-electron chi connectivity index (χ4n) is 2.85. The van der Waals surface area contributed by atoms with Crippen molar-refractivity contribution in [2.24, 2.45) is 4.99 Å². The molecule has 1 unspecified atom stereocenters. The average molecular weight is 555 g/mol. The van der Waals surface area contributed by atoms with Gasteiger partial charge in [0.25, 0.3) is 0 Å². The highest BCUT2D eigenvalue weighted by Crippen LogP contribution is 2.24. The molecule has 0 fully saturated rings. The molecule has 1 aromatic carbocycles. The smallest absolute Gasteiger partial charge is 0.406 e. The summed E-state index contributed by atoms with van der Waals surface area (Å²) in [5, 5.41) is 21.0. The molecule has 31 heavy (non-hydrogen) atoms. The number of aliphatic hydroxyl groups excluding tert-OH is 1. The highest BCUT2D eigenvalue weighted by molar-refractivity contribution is 14.0. The number of aliphatic imine (C=N–C) groups is 1. The molecule has 1 heterocycles. The Morgan fingerprint density at radius 3 is 2.45 bits per heavy atom. The van der Waals surface area contributed by atoms with E-state index < -0.39 is 12.5 Å². The summed E-state index contributed by atoms with van der Waals surface area (Å²) in [6.45, 7) is 8.07. The maximum Gasteiger partial charge on any atom is 0.573 e. The summed E-state index contributed by atoms with van der Waals surface area (Å²) in [7, 11) is 0. The molecule has 1 atom stereocenters.